The Bertz CT molecular complexity index is 689. The first-order valence-corrected chi connectivity index (χ1v) is 6.50. The predicted molar refractivity (Wildman–Crippen MR) is 80.4 cm³/mol. The summed E-state index contributed by atoms with van der Waals surface area (Å²) in [5, 5.41) is 0.00635. The fourth-order valence-electron chi connectivity index (χ4n) is 1.68. The Morgan fingerprint density at radius 2 is 1.95 bits per heavy atom. The topological polar surface area (TPSA) is 55.6 Å². The number of nitrogen functional groups attached to an aromatic ring is 1. The number of halogens is 2. The van der Waals surface area contributed by atoms with Crippen molar-refractivity contribution in [1.29, 1.82) is 0 Å². The highest BCUT2D eigenvalue weighted by Crippen LogP contribution is 2.30. The van der Waals surface area contributed by atoms with E-state index in [2.05, 4.69) is 0 Å². The SMILES string of the molecule is CN(C)C(=O)c1ccc(N)c(Oc2ccc(Cl)c(F)c2)c1. The van der Waals surface area contributed by atoms with Crippen LogP contribution in [-0.4, -0.2) is 24.9 Å². The number of ether oxygens (including phenoxy) is 1. The molecule has 2 N–H and O–H groups in total. The second-order valence-electron chi connectivity index (χ2n) is 4.63. The van der Waals surface area contributed by atoms with Crippen LogP contribution in [0.2, 0.25) is 5.02 Å². The number of hydrogen-bond acceptors (Lipinski definition) is 3. The summed E-state index contributed by atoms with van der Waals surface area (Å²) in [7, 11) is 3.29. The zero-order valence-corrected chi connectivity index (χ0v) is 12.3. The number of amides is 1. The molecule has 0 aromatic heterocycles. The zero-order chi connectivity index (χ0) is 15.6. The van der Waals surface area contributed by atoms with Gasteiger partial charge in [0.25, 0.3) is 5.91 Å². The number of nitrogens with two attached hydrogens (primary N) is 1. The number of anilines is 1. The van der Waals surface area contributed by atoms with Gasteiger partial charge in [-0.15, -0.1) is 0 Å². The van der Waals surface area contributed by atoms with E-state index >= 15 is 0 Å². The lowest BCUT2D eigenvalue weighted by Gasteiger charge is -2.13. The highest BCUT2D eigenvalue weighted by atomic mass is 35.5. The van der Waals surface area contributed by atoms with Crippen molar-refractivity contribution in [3.05, 3.63) is 52.8 Å². The van der Waals surface area contributed by atoms with E-state index in [-0.39, 0.29) is 22.4 Å². The molecule has 1 amide bonds. The molecule has 0 heterocycles. The summed E-state index contributed by atoms with van der Waals surface area (Å²) in [6, 6.07) is 8.75. The van der Waals surface area contributed by atoms with Gasteiger partial charge in [0.1, 0.15) is 11.6 Å². The van der Waals surface area contributed by atoms with E-state index in [1.54, 1.807) is 26.2 Å². The molecule has 0 fully saturated rings. The van der Waals surface area contributed by atoms with Crippen LogP contribution < -0.4 is 10.5 Å². The minimum absolute atomic E-state index is 0.00635. The minimum atomic E-state index is -0.590. The van der Waals surface area contributed by atoms with Gasteiger partial charge in [-0.3, -0.25) is 4.79 Å². The molecule has 0 radical (unpaired) electrons. The van der Waals surface area contributed by atoms with Gasteiger partial charge in [-0.05, 0) is 30.3 Å². The van der Waals surface area contributed by atoms with Gasteiger partial charge in [0.05, 0.1) is 10.7 Å². The first-order chi connectivity index (χ1) is 9.88. The zero-order valence-electron chi connectivity index (χ0n) is 11.6. The van der Waals surface area contributed by atoms with Gasteiger partial charge >= 0.3 is 0 Å². The highest BCUT2D eigenvalue weighted by molar-refractivity contribution is 6.30. The van der Waals surface area contributed by atoms with Crippen LogP contribution in [0.15, 0.2) is 36.4 Å². The quantitative estimate of drug-likeness (QED) is 0.882. The third-order valence-corrected chi connectivity index (χ3v) is 3.09. The maximum atomic E-state index is 13.4. The molecule has 0 aliphatic heterocycles. The smallest absolute Gasteiger partial charge is 0.253 e. The molecule has 0 atom stereocenters. The molecule has 0 spiro atoms. The Hall–Kier alpha value is -2.27. The van der Waals surface area contributed by atoms with Crippen LogP contribution in [0.5, 0.6) is 11.5 Å². The fourth-order valence-corrected chi connectivity index (χ4v) is 1.80. The maximum Gasteiger partial charge on any atom is 0.253 e. The van der Waals surface area contributed by atoms with Gasteiger partial charge in [-0.1, -0.05) is 11.6 Å². The Morgan fingerprint density at radius 1 is 1.24 bits per heavy atom. The van der Waals surface area contributed by atoms with Gasteiger partial charge in [-0.2, -0.15) is 0 Å². The van der Waals surface area contributed by atoms with E-state index in [0.717, 1.165) is 6.07 Å². The maximum absolute atomic E-state index is 13.4. The number of nitrogens with zero attached hydrogens (tertiary/aromatic N) is 1. The largest absolute Gasteiger partial charge is 0.455 e. The van der Waals surface area contributed by atoms with Crippen molar-refractivity contribution in [1.82, 2.24) is 4.90 Å². The van der Waals surface area contributed by atoms with Crippen molar-refractivity contribution in [2.45, 2.75) is 0 Å². The first kappa shape index (κ1) is 15.1. The molecule has 21 heavy (non-hydrogen) atoms. The average Bonchev–Trinajstić information content (AvgIpc) is 2.44. The second kappa shape index (κ2) is 6.01. The Kier molecular flexibility index (Phi) is 4.33. The number of carbonyl (C=O) groups excluding carboxylic acids is 1. The summed E-state index contributed by atoms with van der Waals surface area (Å²) >= 11 is 5.61. The minimum Gasteiger partial charge on any atom is -0.455 e. The van der Waals surface area contributed by atoms with Crippen molar-refractivity contribution in [3.63, 3.8) is 0 Å². The lowest BCUT2D eigenvalue weighted by molar-refractivity contribution is 0.0827. The summed E-state index contributed by atoms with van der Waals surface area (Å²) in [6.07, 6.45) is 0. The van der Waals surface area contributed by atoms with Crippen molar-refractivity contribution in [2.75, 3.05) is 19.8 Å². The van der Waals surface area contributed by atoms with Crippen LogP contribution in [0, 0.1) is 5.82 Å². The van der Waals surface area contributed by atoms with E-state index in [0.29, 0.717) is 11.3 Å². The first-order valence-electron chi connectivity index (χ1n) is 6.12. The van der Waals surface area contributed by atoms with E-state index in [1.165, 1.54) is 23.1 Å². The number of rotatable bonds is 3. The Balaban J connectivity index is 2.32. The Morgan fingerprint density at radius 3 is 2.57 bits per heavy atom. The average molecular weight is 309 g/mol. The third kappa shape index (κ3) is 3.44. The Labute approximate surface area is 126 Å². The van der Waals surface area contributed by atoms with Crippen LogP contribution in [0.4, 0.5) is 10.1 Å². The lowest BCUT2D eigenvalue weighted by atomic mass is 10.1. The molecule has 0 bridgehead atoms. The number of carbonyl (C=O) groups is 1. The standard InChI is InChI=1S/C15H14ClFN2O2/c1-19(2)15(20)9-3-6-13(18)14(7-9)21-10-4-5-11(16)12(17)8-10/h3-8H,18H2,1-2H3. The van der Waals surface area contributed by atoms with Gasteiger partial charge in [0.15, 0.2) is 5.75 Å². The molecule has 2 aromatic carbocycles. The number of hydrogen-bond donors (Lipinski definition) is 1. The van der Waals surface area contributed by atoms with Gasteiger partial charge in [0, 0.05) is 25.7 Å². The van der Waals surface area contributed by atoms with Crippen LogP contribution in [0.1, 0.15) is 10.4 Å². The molecule has 0 unspecified atom stereocenters. The van der Waals surface area contributed by atoms with Crippen molar-refractivity contribution in [2.24, 2.45) is 0 Å². The van der Waals surface area contributed by atoms with Crippen LogP contribution in [0.3, 0.4) is 0 Å². The predicted octanol–water partition coefficient (Wildman–Crippen LogP) is 3.56. The van der Waals surface area contributed by atoms with Crippen LogP contribution in [0.25, 0.3) is 0 Å². The third-order valence-electron chi connectivity index (χ3n) is 2.79. The molecular formula is C15H14ClFN2O2. The summed E-state index contributed by atoms with van der Waals surface area (Å²) in [6.45, 7) is 0. The van der Waals surface area contributed by atoms with Crippen molar-refractivity contribution >= 4 is 23.2 Å². The fraction of sp³-hybridized carbons (Fsp3) is 0.133. The molecule has 6 heteroatoms. The molecule has 110 valence electrons. The monoisotopic (exact) mass is 308 g/mol. The molecule has 4 nitrogen and oxygen atoms in total. The molecule has 0 aliphatic rings. The van der Waals surface area contributed by atoms with E-state index in [4.69, 9.17) is 22.1 Å². The van der Waals surface area contributed by atoms with E-state index in [1.807, 2.05) is 0 Å². The molecule has 0 saturated carbocycles. The number of benzene rings is 2. The van der Waals surface area contributed by atoms with Crippen molar-refractivity contribution in [3.8, 4) is 11.5 Å². The summed E-state index contributed by atoms with van der Waals surface area (Å²) in [5.74, 6) is -0.238. The molecule has 2 rings (SSSR count). The van der Waals surface area contributed by atoms with E-state index in [9.17, 15) is 9.18 Å². The van der Waals surface area contributed by atoms with Crippen LogP contribution in [-0.2, 0) is 0 Å². The van der Waals surface area contributed by atoms with Gasteiger partial charge < -0.3 is 15.4 Å². The molecular weight excluding hydrogens is 295 g/mol. The highest BCUT2D eigenvalue weighted by Gasteiger charge is 2.12. The normalized spacial score (nSPS) is 10.3. The van der Waals surface area contributed by atoms with Crippen molar-refractivity contribution < 1.29 is 13.9 Å². The van der Waals surface area contributed by atoms with Gasteiger partial charge in [-0.25, -0.2) is 4.39 Å². The molecule has 2 aromatic rings. The van der Waals surface area contributed by atoms with E-state index < -0.39 is 5.82 Å². The summed E-state index contributed by atoms with van der Waals surface area (Å²) in [5.41, 5.74) is 6.59. The molecule has 0 aliphatic carbocycles. The van der Waals surface area contributed by atoms with Crippen LogP contribution >= 0.6 is 11.6 Å². The second-order valence-corrected chi connectivity index (χ2v) is 5.04. The molecule has 0 saturated heterocycles. The van der Waals surface area contributed by atoms with Gasteiger partial charge in [0.2, 0.25) is 0 Å². The summed E-state index contributed by atoms with van der Waals surface area (Å²) < 4.78 is 18.9. The summed E-state index contributed by atoms with van der Waals surface area (Å²) in [4.78, 5) is 13.4. The lowest BCUT2D eigenvalue weighted by Crippen LogP contribution is -2.21.